The number of H-pyrrole nitrogens is 1. The summed E-state index contributed by atoms with van der Waals surface area (Å²) < 4.78 is 0. The minimum absolute atomic E-state index is 0.148. The SMILES string of the molecule is C=CC(=O)NCc1c(C)[nH]c2ccccc12. The number of carbonyl (C=O) groups is 1. The van der Waals surface area contributed by atoms with Crippen LogP contribution in [0, 0.1) is 6.92 Å². The highest BCUT2D eigenvalue weighted by Crippen LogP contribution is 2.21. The quantitative estimate of drug-likeness (QED) is 0.756. The fourth-order valence-corrected chi connectivity index (χ4v) is 1.81. The van der Waals surface area contributed by atoms with Crippen molar-refractivity contribution in [3.05, 3.63) is 48.2 Å². The smallest absolute Gasteiger partial charge is 0.243 e. The Morgan fingerprint density at radius 1 is 1.50 bits per heavy atom. The summed E-state index contributed by atoms with van der Waals surface area (Å²) in [5.74, 6) is -0.148. The van der Waals surface area contributed by atoms with Gasteiger partial charge >= 0.3 is 0 Å². The first-order valence-electron chi connectivity index (χ1n) is 5.19. The van der Waals surface area contributed by atoms with E-state index in [0.717, 1.165) is 22.2 Å². The summed E-state index contributed by atoms with van der Waals surface area (Å²) in [5, 5.41) is 3.95. The van der Waals surface area contributed by atoms with E-state index in [-0.39, 0.29) is 5.91 Å². The van der Waals surface area contributed by atoms with Crippen molar-refractivity contribution in [3.8, 4) is 0 Å². The van der Waals surface area contributed by atoms with Crippen LogP contribution in [0.4, 0.5) is 0 Å². The average Bonchev–Trinajstić information content (AvgIpc) is 2.62. The van der Waals surface area contributed by atoms with Crippen LogP contribution in [0.2, 0.25) is 0 Å². The van der Waals surface area contributed by atoms with Gasteiger partial charge in [0.15, 0.2) is 0 Å². The maximum absolute atomic E-state index is 11.1. The number of amides is 1. The van der Waals surface area contributed by atoms with Crippen LogP contribution in [-0.4, -0.2) is 10.9 Å². The second-order valence-electron chi connectivity index (χ2n) is 3.70. The van der Waals surface area contributed by atoms with Crippen molar-refractivity contribution in [1.29, 1.82) is 0 Å². The van der Waals surface area contributed by atoms with Crippen molar-refractivity contribution < 1.29 is 4.79 Å². The van der Waals surface area contributed by atoms with Crippen LogP contribution in [0.25, 0.3) is 10.9 Å². The molecule has 82 valence electrons. The van der Waals surface area contributed by atoms with Crippen LogP contribution in [-0.2, 0) is 11.3 Å². The van der Waals surface area contributed by atoms with Gasteiger partial charge in [-0.05, 0) is 24.6 Å². The van der Waals surface area contributed by atoms with E-state index in [1.54, 1.807) is 0 Å². The lowest BCUT2D eigenvalue weighted by molar-refractivity contribution is -0.116. The summed E-state index contributed by atoms with van der Waals surface area (Å²) in [6.45, 7) is 5.96. The van der Waals surface area contributed by atoms with Crippen molar-refractivity contribution >= 4 is 16.8 Å². The van der Waals surface area contributed by atoms with Crippen molar-refractivity contribution in [1.82, 2.24) is 10.3 Å². The molecule has 2 aromatic rings. The highest BCUT2D eigenvalue weighted by Gasteiger charge is 2.07. The standard InChI is InChI=1S/C13H14N2O/c1-3-13(16)14-8-11-9(2)15-12-7-5-4-6-10(11)12/h3-7,15H,1,8H2,2H3,(H,14,16). The monoisotopic (exact) mass is 214 g/mol. The molecular weight excluding hydrogens is 200 g/mol. The number of hydrogen-bond donors (Lipinski definition) is 2. The summed E-state index contributed by atoms with van der Waals surface area (Å²) in [6, 6.07) is 8.06. The third-order valence-electron chi connectivity index (χ3n) is 2.65. The van der Waals surface area contributed by atoms with Crippen molar-refractivity contribution in [3.63, 3.8) is 0 Å². The number of rotatable bonds is 3. The number of fused-ring (bicyclic) bond motifs is 1. The highest BCUT2D eigenvalue weighted by molar-refractivity contribution is 5.88. The molecule has 0 aliphatic heterocycles. The van der Waals surface area contributed by atoms with Crippen LogP contribution in [0.1, 0.15) is 11.3 Å². The lowest BCUT2D eigenvalue weighted by Gasteiger charge is -2.02. The molecule has 0 atom stereocenters. The van der Waals surface area contributed by atoms with Gasteiger partial charge in [-0.15, -0.1) is 0 Å². The number of aromatic nitrogens is 1. The fourth-order valence-electron chi connectivity index (χ4n) is 1.81. The normalized spacial score (nSPS) is 10.3. The largest absolute Gasteiger partial charge is 0.358 e. The second-order valence-corrected chi connectivity index (χ2v) is 3.70. The number of hydrogen-bond acceptors (Lipinski definition) is 1. The minimum atomic E-state index is -0.148. The predicted molar refractivity (Wildman–Crippen MR) is 65.1 cm³/mol. The van der Waals surface area contributed by atoms with Crippen LogP contribution >= 0.6 is 0 Å². The Balaban J connectivity index is 2.32. The zero-order valence-electron chi connectivity index (χ0n) is 9.21. The van der Waals surface area contributed by atoms with Crippen LogP contribution in [0.15, 0.2) is 36.9 Å². The summed E-state index contributed by atoms with van der Waals surface area (Å²) >= 11 is 0. The van der Waals surface area contributed by atoms with E-state index in [0.29, 0.717) is 6.54 Å². The number of nitrogens with one attached hydrogen (secondary N) is 2. The first kappa shape index (κ1) is 10.5. The Kier molecular flexibility index (Phi) is 2.77. The van der Waals surface area contributed by atoms with Crippen LogP contribution in [0.3, 0.4) is 0 Å². The molecule has 0 bridgehead atoms. The number of para-hydroxylation sites is 1. The van der Waals surface area contributed by atoms with Crippen molar-refractivity contribution in [2.24, 2.45) is 0 Å². The number of benzene rings is 1. The molecule has 0 radical (unpaired) electrons. The first-order valence-corrected chi connectivity index (χ1v) is 5.19. The van der Waals surface area contributed by atoms with Gasteiger partial charge in [-0.3, -0.25) is 4.79 Å². The van der Waals surface area contributed by atoms with Gasteiger partial charge in [0.25, 0.3) is 0 Å². The maximum Gasteiger partial charge on any atom is 0.243 e. The van der Waals surface area contributed by atoms with Gasteiger partial charge in [-0.25, -0.2) is 0 Å². The maximum atomic E-state index is 11.1. The molecule has 0 saturated carbocycles. The molecule has 3 heteroatoms. The zero-order chi connectivity index (χ0) is 11.5. The molecule has 1 aromatic heterocycles. The lowest BCUT2D eigenvalue weighted by atomic mass is 10.1. The fraction of sp³-hybridized carbons (Fsp3) is 0.154. The summed E-state index contributed by atoms with van der Waals surface area (Å²) in [5.41, 5.74) is 3.32. The van der Waals surface area contributed by atoms with Gasteiger partial charge in [-0.1, -0.05) is 24.8 Å². The van der Waals surface area contributed by atoms with E-state index in [9.17, 15) is 4.79 Å². The van der Waals surface area contributed by atoms with Gasteiger partial charge in [0.05, 0.1) is 0 Å². The van der Waals surface area contributed by atoms with Crippen LogP contribution in [0.5, 0.6) is 0 Å². The summed E-state index contributed by atoms with van der Waals surface area (Å²) in [6.07, 6.45) is 1.28. The molecule has 2 rings (SSSR count). The summed E-state index contributed by atoms with van der Waals surface area (Å²) in [4.78, 5) is 14.4. The van der Waals surface area contributed by atoms with E-state index < -0.39 is 0 Å². The topological polar surface area (TPSA) is 44.9 Å². The van der Waals surface area contributed by atoms with Gasteiger partial charge in [0, 0.05) is 23.1 Å². The predicted octanol–water partition coefficient (Wildman–Crippen LogP) is 2.28. The zero-order valence-corrected chi connectivity index (χ0v) is 9.21. The summed E-state index contributed by atoms with van der Waals surface area (Å²) in [7, 11) is 0. The molecule has 16 heavy (non-hydrogen) atoms. The molecule has 0 aliphatic rings. The van der Waals surface area contributed by atoms with Crippen molar-refractivity contribution in [2.75, 3.05) is 0 Å². The molecule has 1 heterocycles. The lowest BCUT2D eigenvalue weighted by Crippen LogP contribution is -2.20. The van der Waals surface area contributed by atoms with Gasteiger partial charge < -0.3 is 10.3 Å². The Morgan fingerprint density at radius 2 is 2.25 bits per heavy atom. The van der Waals surface area contributed by atoms with Crippen molar-refractivity contribution in [2.45, 2.75) is 13.5 Å². The van der Waals surface area contributed by atoms with E-state index in [2.05, 4.69) is 16.9 Å². The molecule has 0 aliphatic carbocycles. The van der Waals surface area contributed by atoms with Gasteiger partial charge in [0.2, 0.25) is 5.91 Å². The number of aryl methyl sites for hydroxylation is 1. The molecule has 1 amide bonds. The molecule has 2 N–H and O–H groups in total. The molecule has 0 saturated heterocycles. The second kappa shape index (κ2) is 4.23. The number of aromatic amines is 1. The van der Waals surface area contributed by atoms with E-state index in [1.807, 2.05) is 31.2 Å². The third kappa shape index (κ3) is 1.84. The molecule has 0 fully saturated rings. The first-order chi connectivity index (χ1) is 7.72. The van der Waals surface area contributed by atoms with Gasteiger partial charge in [0.1, 0.15) is 0 Å². The van der Waals surface area contributed by atoms with E-state index in [1.165, 1.54) is 6.08 Å². The molecule has 0 spiro atoms. The molecule has 1 aromatic carbocycles. The van der Waals surface area contributed by atoms with Crippen LogP contribution < -0.4 is 5.32 Å². The molecule has 3 nitrogen and oxygen atoms in total. The Bertz CT molecular complexity index is 540. The molecule has 0 unspecified atom stereocenters. The highest BCUT2D eigenvalue weighted by atomic mass is 16.1. The Hall–Kier alpha value is -2.03. The number of carbonyl (C=O) groups excluding carboxylic acids is 1. The van der Waals surface area contributed by atoms with E-state index in [4.69, 9.17) is 0 Å². The van der Waals surface area contributed by atoms with Gasteiger partial charge in [-0.2, -0.15) is 0 Å². The Labute approximate surface area is 94.2 Å². The third-order valence-corrected chi connectivity index (χ3v) is 2.65. The average molecular weight is 214 g/mol. The molecular formula is C13H14N2O. The minimum Gasteiger partial charge on any atom is -0.358 e. The Morgan fingerprint density at radius 3 is 3.00 bits per heavy atom. The van der Waals surface area contributed by atoms with E-state index >= 15 is 0 Å².